The smallest absolute Gasteiger partial charge is 0.131 e. The third-order valence-corrected chi connectivity index (χ3v) is 8.63. The lowest BCUT2D eigenvalue weighted by Crippen LogP contribution is -2.27. The summed E-state index contributed by atoms with van der Waals surface area (Å²) in [5.41, 5.74) is 9.29. The zero-order valence-corrected chi connectivity index (χ0v) is 25.6. The predicted octanol–water partition coefficient (Wildman–Crippen LogP) is 9.85. The molecule has 0 saturated carbocycles. The standard InChI is InChI=1S/C45H34O/c1-2-16-33-21-11-13-25-38(33)44(42-28-15-27-41(45(42)46)34-19-7-4-8-20-34)43-39-26-14-12-22-35(39)29-30-40(43)37-24-10-9-23-36(31-37)32-17-5-3-6-18-32/h2-22,24-31,46H,1,23H2/b33-16-,44-38+. The highest BCUT2D eigenvalue weighted by Crippen LogP contribution is 2.42. The third-order valence-electron chi connectivity index (χ3n) is 8.63. The number of fused-ring (bicyclic) bond motifs is 1. The fraction of sp³-hybridized carbons (Fsp3) is 0.0222. The van der Waals surface area contributed by atoms with Crippen molar-refractivity contribution in [1.29, 1.82) is 0 Å². The maximum absolute atomic E-state index is 12.2. The number of hydrogen-bond acceptors (Lipinski definition) is 1. The summed E-state index contributed by atoms with van der Waals surface area (Å²) >= 11 is 0. The fourth-order valence-electron chi connectivity index (χ4n) is 6.47. The van der Waals surface area contributed by atoms with Crippen LogP contribution in [0.15, 0.2) is 176 Å². The minimum absolute atomic E-state index is 0.256. The Bertz CT molecular complexity index is 2280. The number of aromatic hydroxyl groups is 1. The number of phenols is 1. The molecular formula is C45H34O. The average Bonchev–Trinajstić information content (AvgIpc) is 3.37. The molecule has 7 rings (SSSR count). The largest absolute Gasteiger partial charge is 0.507 e. The van der Waals surface area contributed by atoms with Gasteiger partial charge in [0.1, 0.15) is 5.75 Å². The van der Waals surface area contributed by atoms with E-state index in [9.17, 15) is 5.11 Å². The number of allylic oxidation sites excluding steroid dienone is 7. The third kappa shape index (κ3) is 5.56. The topological polar surface area (TPSA) is 20.2 Å². The van der Waals surface area contributed by atoms with Crippen LogP contribution in [0.5, 0.6) is 5.75 Å². The van der Waals surface area contributed by atoms with Crippen molar-refractivity contribution in [2.24, 2.45) is 0 Å². The lowest BCUT2D eigenvalue weighted by molar-refractivity contribution is 0.475. The van der Waals surface area contributed by atoms with Crippen molar-refractivity contribution in [2.45, 2.75) is 6.42 Å². The molecule has 0 bridgehead atoms. The van der Waals surface area contributed by atoms with E-state index in [1.54, 1.807) is 0 Å². The fourth-order valence-corrected chi connectivity index (χ4v) is 6.47. The quantitative estimate of drug-likeness (QED) is 0.205. The molecule has 1 aliphatic carbocycles. The van der Waals surface area contributed by atoms with Crippen molar-refractivity contribution < 1.29 is 5.11 Å². The molecule has 1 nitrogen and oxygen atoms in total. The van der Waals surface area contributed by atoms with Gasteiger partial charge in [0.25, 0.3) is 0 Å². The van der Waals surface area contributed by atoms with Crippen LogP contribution in [0.1, 0.15) is 28.7 Å². The van der Waals surface area contributed by atoms with E-state index in [2.05, 4.69) is 116 Å². The monoisotopic (exact) mass is 590 g/mol. The Morgan fingerprint density at radius 1 is 0.652 bits per heavy atom. The lowest BCUT2D eigenvalue weighted by Gasteiger charge is -2.20. The number of phenolic OH excluding ortho intramolecular Hbond substituents is 1. The van der Waals surface area contributed by atoms with Crippen LogP contribution in [-0.4, -0.2) is 5.11 Å². The minimum atomic E-state index is 0.256. The summed E-state index contributed by atoms with van der Waals surface area (Å²) in [7, 11) is 0. The van der Waals surface area contributed by atoms with Gasteiger partial charge in [0.2, 0.25) is 0 Å². The van der Waals surface area contributed by atoms with E-state index in [-0.39, 0.29) is 5.75 Å². The average molecular weight is 591 g/mol. The molecule has 1 aliphatic rings. The summed E-state index contributed by atoms with van der Waals surface area (Å²) in [6.45, 7) is 4.02. The summed E-state index contributed by atoms with van der Waals surface area (Å²) in [6, 6.07) is 48.1. The summed E-state index contributed by atoms with van der Waals surface area (Å²) in [6.07, 6.45) is 13.6. The molecule has 6 aromatic rings. The van der Waals surface area contributed by atoms with Crippen molar-refractivity contribution in [3.05, 3.63) is 209 Å². The number of benzene rings is 6. The molecule has 46 heavy (non-hydrogen) atoms. The van der Waals surface area contributed by atoms with Gasteiger partial charge in [-0.15, -0.1) is 0 Å². The normalized spacial score (nSPS) is 14.0. The Morgan fingerprint density at radius 2 is 1.37 bits per heavy atom. The molecule has 0 radical (unpaired) electrons. The van der Waals surface area contributed by atoms with Crippen LogP contribution in [0, 0.1) is 0 Å². The first-order chi connectivity index (χ1) is 22.7. The molecule has 0 aromatic heterocycles. The van der Waals surface area contributed by atoms with Gasteiger partial charge in [-0.3, -0.25) is 0 Å². The number of rotatable bonds is 6. The number of para-hydroxylation sites is 1. The molecule has 0 atom stereocenters. The van der Waals surface area contributed by atoms with Gasteiger partial charge in [-0.25, -0.2) is 0 Å². The van der Waals surface area contributed by atoms with E-state index in [0.717, 1.165) is 66.6 Å². The minimum Gasteiger partial charge on any atom is -0.507 e. The van der Waals surface area contributed by atoms with Gasteiger partial charge in [0.15, 0.2) is 0 Å². The van der Waals surface area contributed by atoms with E-state index >= 15 is 0 Å². The second kappa shape index (κ2) is 13.0. The zero-order chi connectivity index (χ0) is 31.3. The molecule has 0 unspecified atom stereocenters. The van der Waals surface area contributed by atoms with E-state index < -0.39 is 0 Å². The first-order valence-electron chi connectivity index (χ1n) is 15.7. The summed E-state index contributed by atoms with van der Waals surface area (Å²) in [5, 5.41) is 16.5. The van der Waals surface area contributed by atoms with Crippen LogP contribution in [0.3, 0.4) is 0 Å². The van der Waals surface area contributed by atoms with Gasteiger partial charge in [-0.05, 0) is 61.0 Å². The van der Waals surface area contributed by atoms with E-state index in [0.29, 0.717) is 0 Å². The van der Waals surface area contributed by atoms with Crippen LogP contribution in [0.25, 0.3) is 44.7 Å². The maximum atomic E-state index is 12.2. The van der Waals surface area contributed by atoms with Gasteiger partial charge in [-0.1, -0.05) is 183 Å². The number of hydrogen-bond donors (Lipinski definition) is 1. The van der Waals surface area contributed by atoms with Crippen LogP contribution >= 0.6 is 0 Å². The highest BCUT2D eigenvalue weighted by atomic mass is 16.3. The lowest BCUT2D eigenvalue weighted by atomic mass is 9.83. The highest BCUT2D eigenvalue weighted by molar-refractivity contribution is 6.05. The Hall–Kier alpha value is -5.92. The van der Waals surface area contributed by atoms with Crippen molar-refractivity contribution >= 4 is 33.6 Å². The highest BCUT2D eigenvalue weighted by Gasteiger charge is 2.22. The van der Waals surface area contributed by atoms with E-state index in [1.165, 1.54) is 11.1 Å². The second-order valence-electron chi connectivity index (χ2n) is 11.4. The van der Waals surface area contributed by atoms with Crippen LogP contribution in [0.2, 0.25) is 0 Å². The molecule has 0 heterocycles. The molecule has 220 valence electrons. The van der Waals surface area contributed by atoms with Crippen molar-refractivity contribution in [3.63, 3.8) is 0 Å². The van der Waals surface area contributed by atoms with Crippen molar-refractivity contribution in [3.8, 4) is 16.9 Å². The maximum Gasteiger partial charge on any atom is 0.131 e. The Balaban J connectivity index is 1.62. The Morgan fingerprint density at radius 3 is 2.17 bits per heavy atom. The SMILES string of the molecule is C=C/C=c1/cccc/c1=C(/c1cccc(-c2ccccc2)c1O)c1c(C2=CC=CCC(c3ccccc3)=C2)ccc2ccccc12. The predicted molar refractivity (Wildman–Crippen MR) is 196 cm³/mol. The van der Waals surface area contributed by atoms with Gasteiger partial charge < -0.3 is 5.11 Å². The van der Waals surface area contributed by atoms with Gasteiger partial charge in [-0.2, -0.15) is 0 Å². The van der Waals surface area contributed by atoms with Crippen molar-refractivity contribution in [2.75, 3.05) is 0 Å². The molecule has 0 fully saturated rings. The van der Waals surface area contributed by atoms with Crippen LogP contribution < -0.4 is 10.4 Å². The first-order valence-corrected chi connectivity index (χ1v) is 15.7. The van der Waals surface area contributed by atoms with Crippen LogP contribution in [0.4, 0.5) is 0 Å². The van der Waals surface area contributed by atoms with E-state index in [4.69, 9.17) is 0 Å². The molecule has 0 amide bonds. The van der Waals surface area contributed by atoms with Crippen molar-refractivity contribution in [1.82, 2.24) is 0 Å². The molecule has 0 saturated heterocycles. The summed E-state index contributed by atoms with van der Waals surface area (Å²) in [4.78, 5) is 0. The van der Waals surface area contributed by atoms with E-state index in [1.807, 2.05) is 66.7 Å². The molecule has 1 N–H and O–H groups in total. The second-order valence-corrected chi connectivity index (χ2v) is 11.4. The molecule has 6 aromatic carbocycles. The van der Waals surface area contributed by atoms with Gasteiger partial charge >= 0.3 is 0 Å². The molecule has 1 heteroatoms. The Kier molecular flexibility index (Phi) is 8.13. The van der Waals surface area contributed by atoms with Gasteiger partial charge in [0.05, 0.1) is 0 Å². The summed E-state index contributed by atoms with van der Waals surface area (Å²) < 4.78 is 0. The molecule has 0 aliphatic heterocycles. The first kappa shape index (κ1) is 28.8. The Labute approximate surface area is 270 Å². The van der Waals surface area contributed by atoms with Gasteiger partial charge in [0, 0.05) is 16.7 Å². The van der Waals surface area contributed by atoms with Crippen LogP contribution in [-0.2, 0) is 0 Å². The zero-order valence-electron chi connectivity index (χ0n) is 25.6. The summed E-state index contributed by atoms with van der Waals surface area (Å²) in [5.74, 6) is 0.256. The molecule has 0 spiro atoms. The molecular weight excluding hydrogens is 556 g/mol.